The van der Waals surface area contributed by atoms with E-state index in [1.165, 1.54) is 13.1 Å². The molecule has 0 fully saturated rings. The maximum absolute atomic E-state index is 13.5. The summed E-state index contributed by atoms with van der Waals surface area (Å²) in [6.45, 7) is 0. The summed E-state index contributed by atoms with van der Waals surface area (Å²) < 4.78 is 4.66. The molecule has 0 N–H and O–H groups in total. The first-order valence-corrected chi connectivity index (χ1v) is 14.1. The van der Waals surface area contributed by atoms with Crippen LogP contribution in [-0.4, -0.2) is 23.7 Å². The van der Waals surface area contributed by atoms with Gasteiger partial charge < -0.3 is 0 Å². The zero-order chi connectivity index (χ0) is 20.1. The average Bonchev–Trinajstić information content (AvgIpc) is 2.79. The Labute approximate surface area is 182 Å². The number of hydrogen-bond acceptors (Lipinski definition) is 1. The van der Waals surface area contributed by atoms with Crippen LogP contribution < -0.4 is 13.1 Å². The van der Waals surface area contributed by atoms with Crippen LogP contribution in [0.5, 0.6) is 0 Å². The fraction of sp³-hybridized carbons (Fsp3) is 0. The third-order valence-corrected chi connectivity index (χ3v) is 13.8. The molecule has 0 aromatic heterocycles. The van der Waals surface area contributed by atoms with Gasteiger partial charge in [-0.15, -0.1) is 0 Å². The van der Waals surface area contributed by atoms with Gasteiger partial charge in [0.1, 0.15) is 0 Å². The molecule has 0 saturated carbocycles. The molecule has 4 aromatic carbocycles. The second kappa shape index (κ2) is 8.86. The van der Waals surface area contributed by atoms with E-state index in [9.17, 15) is 4.79 Å². The van der Waals surface area contributed by atoms with Crippen LogP contribution in [0.4, 0.5) is 0 Å². The molecule has 0 spiro atoms. The van der Waals surface area contributed by atoms with Crippen LogP contribution in [0.1, 0.15) is 10.4 Å². The molecular formula is C26H20AsBrO. The molecule has 0 radical (unpaired) electrons. The van der Waals surface area contributed by atoms with E-state index in [1.54, 1.807) is 0 Å². The Bertz CT molecular complexity index is 1050. The van der Waals surface area contributed by atoms with Gasteiger partial charge in [-0.25, -0.2) is 0 Å². The minimum atomic E-state index is -3.14. The normalized spacial score (nSPS) is 11.1. The van der Waals surface area contributed by atoms with Crippen molar-refractivity contribution in [1.82, 2.24) is 0 Å². The maximum atomic E-state index is 13.5. The van der Waals surface area contributed by atoms with Crippen molar-refractivity contribution in [2.75, 3.05) is 0 Å². The van der Waals surface area contributed by atoms with Crippen LogP contribution >= 0.6 is 15.9 Å². The molecule has 0 heterocycles. The molecule has 0 aliphatic rings. The molecule has 0 amide bonds. The van der Waals surface area contributed by atoms with Crippen molar-refractivity contribution in [3.05, 3.63) is 125 Å². The first-order chi connectivity index (χ1) is 14.2. The van der Waals surface area contributed by atoms with Gasteiger partial charge in [-0.1, -0.05) is 0 Å². The van der Waals surface area contributed by atoms with Gasteiger partial charge in [-0.2, -0.15) is 0 Å². The number of Topliss-reactive ketones (excluding diaryl/α,β-unsaturated/α-hetero) is 1. The number of rotatable bonds is 5. The summed E-state index contributed by atoms with van der Waals surface area (Å²) >= 11 is 0.315. The zero-order valence-corrected chi connectivity index (χ0v) is 19.2. The van der Waals surface area contributed by atoms with Crippen molar-refractivity contribution in [3.63, 3.8) is 0 Å². The Kier molecular flexibility index (Phi) is 6.04. The number of halogens is 1. The quantitative estimate of drug-likeness (QED) is 0.295. The van der Waals surface area contributed by atoms with Crippen molar-refractivity contribution >= 4 is 52.7 Å². The summed E-state index contributed by atoms with van der Waals surface area (Å²) in [7, 11) is 0. The standard InChI is InChI=1S/C26H20AsBrO/c28-25-18-16-21(17-19-25)26(29)20-27(22-10-4-1-5-11-22,23-12-6-2-7-13-23)24-14-8-3-9-15-24/h1-20H. The predicted molar refractivity (Wildman–Crippen MR) is 129 cm³/mol. The Hall–Kier alpha value is -2.54. The van der Waals surface area contributed by atoms with Crippen molar-refractivity contribution < 1.29 is 4.79 Å². The van der Waals surface area contributed by atoms with E-state index in [4.69, 9.17) is 0 Å². The zero-order valence-electron chi connectivity index (χ0n) is 15.8. The van der Waals surface area contributed by atoms with Gasteiger partial charge in [0, 0.05) is 0 Å². The number of carbonyl (C=O) groups is 1. The van der Waals surface area contributed by atoms with Crippen LogP contribution in [0.2, 0.25) is 0 Å². The Morgan fingerprint density at radius 1 is 0.586 bits per heavy atom. The van der Waals surface area contributed by atoms with Crippen molar-refractivity contribution in [2.45, 2.75) is 0 Å². The van der Waals surface area contributed by atoms with Gasteiger partial charge in [-0.05, 0) is 0 Å². The molecule has 1 nitrogen and oxygen atoms in total. The summed E-state index contributed by atoms with van der Waals surface area (Å²) in [5, 5.41) is 0. The van der Waals surface area contributed by atoms with E-state index < -0.39 is 13.1 Å². The van der Waals surface area contributed by atoms with Gasteiger partial charge in [0.2, 0.25) is 0 Å². The van der Waals surface area contributed by atoms with E-state index in [0.29, 0.717) is 5.56 Å². The molecule has 0 aliphatic heterocycles. The van der Waals surface area contributed by atoms with Crippen LogP contribution in [0.15, 0.2) is 120 Å². The van der Waals surface area contributed by atoms with Crippen LogP contribution in [0.3, 0.4) is 0 Å². The van der Waals surface area contributed by atoms with Gasteiger partial charge >= 0.3 is 183 Å². The molecule has 0 atom stereocenters. The predicted octanol–water partition coefficient (Wildman–Crippen LogP) is 4.19. The topological polar surface area (TPSA) is 17.1 Å². The molecular weight excluding hydrogens is 483 g/mol. The SMILES string of the molecule is O=C(C=[As](c1ccccc1)(c1ccccc1)c1ccccc1)c1ccc(Br)cc1. The third-order valence-electron chi connectivity index (χ3n) is 4.93. The van der Waals surface area contributed by atoms with Crippen LogP contribution in [-0.2, 0) is 0 Å². The van der Waals surface area contributed by atoms with E-state index in [1.807, 2.05) is 47.3 Å². The van der Waals surface area contributed by atoms with Crippen molar-refractivity contribution in [1.29, 1.82) is 0 Å². The van der Waals surface area contributed by atoms with Gasteiger partial charge in [0.05, 0.1) is 0 Å². The molecule has 142 valence electrons. The molecule has 0 saturated heterocycles. The third kappa shape index (κ3) is 4.10. The summed E-state index contributed by atoms with van der Waals surface area (Å²) in [6.07, 6.45) is 0. The van der Waals surface area contributed by atoms with Crippen molar-refractivity contribution in [2.24, 2.45) is 0 Å². The molecule has 0 bridgehead atoms. The first-order valence-electron chi connectivity index (χ1n) is 9.41. The minimum absolute atomic E-state index is 0.0709. The summed E-state index contributed by atoms with van der Waals surface area (Å²) in [5.74, 6) is 0.0709. The van der Waals surface area contributed by atoms with E-state index in [0.717, 1.165) is 4.47 Å². The summed E-state index contributed by atoms with van der Waals surface area (Å²) in [4.78, 5) is 15.5. The Morgan fingerprint density at radius 3 is 1.34 bits per heavy atom. The van der Waals surface area contributed by atoms with Crippen LogP contribution in [0.25, 0.3) is 0 Å². The molecule has 4 aromatic rings. The fourth-order valence-electron chi connectivity index (χ4n) is 3.52. The van der Waals surface area contributed by atoms with E-state index in [-0.39, 0.29) is 5.78 Å². The monoisotopic (exact) mass is 502 g/mol. The van der Waals surface area contributed by atoms with Gasteiger partial charge in [0.15, 0.2) is 0 Å². The molecule has 0 aliphatic carbocycles. The number of carbonyl (C=O) groups excluding carboxylic acids is 1. The van der Waals surface area contributed by atoms with Crippen LogP contribution in [0, 0.1) is 0 Å². The second-order valence-electron chi connectivity index (χ2n) is 6.73. The number of benzene rings is 4. The summed E-state index contributed by atoms with van der Waals surface area (Å²) in [5.41, 5.74) is 0.710. The molecule has 3 heteroatoms. The first kappa shape index (κ1) is 19.8. The molecule has 4 rings (SSSR count). The van der Waals surface area contributed by atoms with Crippen molar-refractivity contribution in [3.8, 4) is 0 Å². The number of ketones is 1. The summed E-state index contributed by atoms with van der Waals surface area (Å²) in [6, 6.07) is 39.1. The Morgan fingerprint density at radius 2 is 0.966 bits per heavy atom. The van der Waals surface area contributed by atoms with E-state index >= 15 is 0 Å². The van der Waals surface area contributed by atoms with Gasteiger partial charge in [-0.3, -0.25) is 0 Å². The number of hydrogen-bond donors (Lipinski definition) is 0. The molecule has 0 unspecified atom stereocenters. The van der Waals surface area contributed by atoms with E-state index in [2.05, 4.69) is 88.7 Å². The fourth-order valence-corrected chi connectivity index (χ4v) is 11.7. The molecule has 29 heavy (non-hydrogen) atoms. The second-order valence-corrected chi connectivity index (χ2v) is 14.5. The van der Waals surface area contributed by atoms with Gasteiger partial charge in [0.25, 0.3) is 0 Å². The Balaban J connectivity index is 2.05. The average molecular weight is 503 g/mol.